The van der Waals surface area contributed by atoms with Crippen molar-refractivity contribution in [3.05, 3.63) is 28.2 Å². The highest BCUT2D eigenvalue weighted by molar-refractivity contribution is 9.10. The van der Waals surface area contributed by atoms with E-state index in [1.165, 1.54) is 0 Å². The molecule has 1 rings (SSSR count). The van der Waals surface area contributed by atoms with E-state index >= 15 is 0 Å². The average molecular weight is 301 g/mol. The quantitative estimate of drug-likeness (QED) is 0.380. The summed E-state index contributed by atoms with van der Waals surface area (Å²) in [6, 6.07) is 5.48. The maximum atomic E-state index is 8.74. The van der Waals surface area contributed by atoms with Gasteiger partial charge in [-0.25, -0.2) is 0 Å². The first-order valence-electron chi connectivity index (χ1n) is 5.45. The van der Waals surface area contributed by atoms with Crippen molar-refractivity contribution < 1.29 is 9.94 Å². The largest absolute Gasteiger partial charge is 0.493 e. The minimum absolute atomic E-state index is 0.0389. The summed E-state index contributed by atoms with van der Waals surface area (Å²) in [7, 11) is 0. The van der Waals surface area contributed by atoms with Crippen molar-refractivity contribution in [2.45, 2.75) is 20.3 Å². The maximum absolute atomic E-state index is 8.74. The molecule has 17 heavy (non-hydrogen) atoms. The second-order valence-electron chi connectivity index (χ2n) is 4.13. The Labute approximate surface area is 110 Å². The zero-order valence-electron chi connectivity index (χ0n) is 9.98. The fourth-order valence-electron chi connectivity index (χ4n) is 1.33. The van der Waals surface area contributed by atoms with E-state index in [4.69, 9.17) is 15.7 Å². The van der Waals surface area contributed by atoms with Gasteiger partial charge in [0.2, 0.25) is 0 Å². The molecule has 0 fully saturated rings. The Bertz CT molecular complexity index is 405. The Kier molecular flexibility index (Phi) is 5.28. The van der Waals surface area contributed by atoms with E-state index in [0.717, 1.165) is 10.9 Å². The van der Waals surface area contributed by atoms with Crippen LogP contribution in [0.3, 0.4) is 0 Å². The molecule has 0 radical (unpaired) electrons. The summed E-state index contributed by atoms with van der Waals surface area (Å²) in [5.74, 6) is 1.24. The zero-order chi connectivity index (χ0) is 12.8. The lowest BCUT2D eigenvalue weighted by Gasteiger charge is -2.12. The zero-order valence-corrected chi connectivity index (χ0v) is 11.6. The predicted molar refractivity (Wildman–Crippen MR) is 71.6 cm³/mol. The molecule has 0 amide bonds. The summed E-state index contributed by atoms with van der Waals surface area (Å²) in [5, 5.41) is 11.7. The van der Waals surface area contributed by atoms with Crippen LogP contribution >= 0.6 is 15.9 Å². The molecule has 0 aliphatic heterocycles. The van der Waals surface area contributed by atoms with Gasteiger partial charge >= 0.3 is 0 Å². The molecular formula is C12H17BrN2O2. The van der Waals surface area contributed by atoms with Gasteiger partial charge < -0.3 is 15.7 Å². The third kappa shape index (κ3) is 3.93. The van der Waals surface area contributed by atoms with Crippen molar-refractivity contribution in [2.75, 3.05) is 6.61 Å². The Hall–Kier alpha value is -1.23. The molecule has 0 heterocycles. The number of oxime groups is 1. The van der Waals surface area contributed by atoms with Crippen LogP contribution in [-0.2, 0) is 0 Å². The van der Waals surface area contributed by atoms with Crippen LogP contribution in [0.2, 0.25) is 0 Å². The number of hydrogen-bond acceptors (Lipinski definition) is 3. The van der Waals surface area contributed by atoms with Gasteiger partial charge in [0.05, 0.1) is 12.2 Å². The summed E-state index contributed by atoms with van der Waals surface area (Å²) < 4.78 is 6.40. The Balaban J connectivity index is 2.88. The number of rotatable bonds is 5. The van der Waals surface area contributed by atoms with Gasteiger partial charge in [0, 0.05) is 4.47 Å². The average Bonchev–Trinajstić information content (AvgIpc) is 2.28. The predicted octanol–water partition coefficient (Wildman–Crippen LogP) is 2.97. The monoisotopic (exact) mass is 300 g/mol. The summed E-state index contributed by atoms with van der Waals surface area (Å²) in [4.78, 5) is 0. The molecule has 3 N–H and O–H groups in total. The van der Waals surface area contributed by atoms with Gasteiger partial charge in [-0.2, -0.15) is 0 Å². The molecule has 0 aliphatic rings. The Morgan fingerprint density at radius 3 is 2.82 bits per heavy atom. The highest BCUT2D eigenvalue weighted by Crippen LogP contribution is 2.26. The standard InChI is InChI=1S/C12H17BrN2O2/c1-8(2)6-7-17-10-5-3-4-9(13)11(10)12(14)15-16/h3-5,8,16H,6-7H2,1-2H3,(H2,14,15). The fourth-order valence-corrected chi connectivity index (χ4v) is 1.88. The second-order valence-corrected chi connectivity index (χ2v) is 4.98. The summed E-state index contributed by atoms with van der Waals surface area (Å²) >= 11 is 3.36. The molecular weight excluding hydrogens is 284 g/mol. The highest BCUT2D eigenvalue weighted by Gasteiger charge is 2.12. The molecule has 1 aromatic carbocycles. The molecule has 0 saturated carbocycles. The third-order valence-corrected chi connectivity index (χ3v) is 2.95. The van der Waals surface area contributed by atoms with Gasteiger partial charge in [0.25, 0.3) is 0 Å². The number of halogens is 1. The van der Waals surface area contributed by atoms with Gasteiger partial charge in [-0.15, -0.1) is 0 Å². The minimum atomic E-state index is 0.0389. The van der Waals surface area contributed by atoms with E-state index in [1.54, 1.807) is 6.07 Å². The van der Waals surface area contributed by atoms with E-state index in [2.05, 4.69) is 34.9 Å². The lowest BCUT2D eigenvalue weighted by Crippen LogP contribution is -2.16. The molecule has 5 heteroatoms. The third-order valence-electron chi connectivity index (χ3n) is 2.29. The summed E-state index contributed by atoms with van der Waals surface area (Å²) in [6.07, 6.45) is 0.960. The first kappa shape index (κ1) is 13.8. The number of amidine groups is 1. The molecule has 0 aromatic heterocycles. The van der Waals surface area contributed by atoms with Gasteiger partial charge in [0.15, 0.2) is 5.84 Å². The van der Waals surface area contributed by atoms with Crippen molar-refractivity contribution in [3.63, 3.8) is 0 Å². The van der Waals surface area contributed by atoms with Crippen LogP contribution in [0.15, 0.2) is 27.8 Å². The molecule has 0 spiro atoms. The maximum Gasteiger partial charge on any atom is 0.174 e. The molecule has 1 aromatic rings. The van der Waals surface area contributed by atoms with E-state index < -0.39 is 0 Å². The van der Waals surface area contributed by atoms with E-state index in [-0.39, 0.29) is 5.84 Å². The van der Waals surface area contributed by atoms with Gasteiger partial charge in [0.1, 0.15) is 5.75 Å². The fraction of sp³-hybridized carbons (Fsp3) is 0.417. The molecule has 0 saturated heterocycles. The van der Waals surface area contributed by atoms with Crippen LogP contribution in [0.1, 0.15) is 25.8 Å². The van der Waals surface area contributed by atoms with E-state index in [9.17, 15) is 0 Å². The van der Waals surface area contributed by atoms with Crippen molar-refractivity contribution in [2.24, 2.45) is 16.8 Å². The van der Waals surface area contributed by atoms with E-state index in [0.29, 0.717) is 23.8 Å². The van der Waals surface area contributed by atoms with Crippen LogP contribution in [0.5, 0.6) is 5.75 Å². The van der Waals surface area contributed by atoms with Crippen LogP contribution < -0.4 is 10.5 Å². The van der Waals surface area contributed by atoms with Crippen molar-refractivity contribution in [3.8, 4) is 5.75 Å². The smallest absolute Gasteiger partial charge is 0.174 e. The number of ether oxygens (including phenoxy) is 1. The summed E-state index contributed by atoms with van der Waals surface area (Å²) in [5.41, 5.74) is 6.20. The lowest BCUT2D eigenvalue weighted by atomic mass is 10.1. The second kappa shape index (κ2) is 6.49. The lowest BCUT2D eigenvalue weighted by molar-refractivity contribution is 0.288. The van der Waals surface area contributed by atoms with Gasteiger partial charge in [-0.3, -0.25) is 0 Å². The topological polar surface area (TPSA) is 67.8 Å². The Morgan fingerprint density at radius 2 is 2.24 bits per heavy atom. The van der Waals surface area contributed by atoms with Crippen molar-refractivity contribution in [1.29, 1.82) is 0 Å². The molecule has 0 unspecified atom stereocenters. The molecule has 0 bridgehead atoms. The first-order valence-corrected chi connectivity index (χ1v) is 6.24. The van der Waals surface area contributed by atoms with Crippen LogP contribution in [0, 0.1) is 5.92 Å². The molecule has 0 aliphatic carbocycles. The molecule has 0 atom stereocenters. The van der Waals surface area contributed by atoms with Crippen LogP contribution in [0.4, 0.5) is 0 Å². The van der Waals surface area contributed by atoms with Crippen LogP contribution in [-0.4, -0.2) is 17.6 Å². The van der Waals surface area contributed by atoms with Crippen LogP contribution in [0.25, 0.3) is 0 Å². The number of benzene rings is 1. The number of nitrogens with zero attached hydrogens (tertiary/aromatic N) is 1. The van der Waals surface area contributed by atoms with Crippen molar-refractivity contribution in [1.82, 2.24) is 0 Å². The van der Waals surface area contributed by atoms with Gasteiger partial charge in [-0.05, 0) is 40.4 Å². The first-order chi connectivity index (χ1) is 8.06. The van der Waals surface area contributed by atoms with E-state index in [1.807, 2.05) is 12.1 Å². The minimum Gasteiger partial charge on any atom is -0.493 e. The highest BCUT2D eigenvalue weighted by atomic mass is 79.9. The number of nitrogens with two attached hydrogens (primary N) is 1. The van der Waals surface area contributed by atoms with Crippen molar-refractivity contribution >= 4 is 21.8 Å². The normalized spacial score (nSPS) is 11.9. The SMILES string of the molecule is CC(C)CCOc1cccc(Br)c1/C(N)=N/O. The number of hydrogen-bond donors (Lipinski definition) is 2. The van der Waals surface area contributed by atoms with Gasteiger partial charge in [-0.1, -0.05) is 25.1 Å². The summed E-state index contributed by atoms with van der Waals surface area (Å²) in [6.45, 7) is 4.88. The molecule has 94 valence electrons. The Morgan fingerprint density at radius 1 is 1.53 bits per heavy atom. The molecule has 4 nitrogen and oxygen atoms in total.